The summed E-state index contributed by atoms with van der Waals surface area (Å²) < 4.78 is 5.47. The van der Waals surface area contributed by atoms with Gasteiger partial charge in [-0.3, -0.25) is 0 Å². The van der Waals surface area contributed by atoms with E-state index in [1.54, 1.807) is 0 Å². The molecule has 4 heteroatoms. The second-order valence-electron chi connectivity index (χ2n) is 7.53. The van der Waals surface area contributed by atoms with Crippen molar-refractivity contribution in [1.29, 1.82) is 0 Å². The normalized spacial score (nSPS) is 12.7. The molecule has 150 valence electrons. The van der Waals surface area contributed by atoms with Crippen LogP contribution in [0, 0.1) is 0 Å². The van der Waals surface area contributed by atoms with Crippen LogP contribution >= 0.6 is 0 Å². The highest BCUT2D eigenvalue weighted by Crippen LogP contribution is 2.32. The van der Waals surface area contributed by atoms with Crippen LogP contribution in [0.15, 0.2) is 48.5 Å². The Balaban J connectivity index is 1.43. The number of unbranched alkanes of at least 4 members (excludes halogenated alkanes) is 5. The highest BCUT2D eigenvalue weighted by molar-refractivity contribution is 5.71. The van der Waals surface area contributed by atoms with Crippen molar-refractivity contribution in [2.45, 2.75) is 58.4 Å². The molecule has 0 saturated carbocycles. The Morgan fingerprint density at radius 2 is 1.82 bits per heavy atom. The van der Waals surface area contributed by atoms with Crippen molar-refractivity contribution < 1.29 is 9.53 Å². The fourth-order valence-corrected chi connectivity index (χ4v) is 3.72. The van der Waals surface area contributed by atoms with Gasteiger partial charge >= 0.3 is 6.09 Å². The highest BCUT2D eigenvalue weighted by Gasteiger charge is 2.20. The van der Waals surface area contributed by atoms with Gasteiger partial charge < -0.3 is 15.0 Å². The maximum Gasteiger partial charge on any atom is 0.412 e. The fraction of sp³-hybridized carbons (Fsp3) is 0.458. The van der Waals surface area contributed by atoms with Gasteiger partial charge in [-0.2, -0.15) is 0 Å². The van der Waals surface area contributed by atoms with E-state index in [0.717, 1.165) is 32.4 Å². The summed E-state index contributed by atoms with van der Waals surface area (Å²) in [6.45, 7) is 4.81. The van der Waals surface area contributed by atoms with Crippen molar-refractivity contribution in [3.05, 3.63) is 59.7 Å². The Hall–Kier alpha value is -2.49. The quantitative estimate of drug-likeness (QED) is 0.538. The molecule has 1 amide bonds. The topological polar surface area (TPSA) is 41.6 Å². The van der Waals surface area contributed by atoms with Crippen LogP contribution < -0.4 is 15.0 Å². The first kappa shape index (κ1) is 20.2. The van der Waals surface area contributed by atoms with Crippen molar-refractivity contribution in [2.24, 2.45) is 0 Å². The van der Waals surface area contributed by atoms with E-state index < -0.39 is 0 Å². The van der Waals surface area contributed by atoms with Crippen LogP contribution in [0.5, 0.6) is 5.75 Å². The molecule has 2 aromatic carbocycles. The molecule has 0 aromatic heterocycles. The molecule has 0 spiro atoms. The maximum absolute atomic E-state index is 12.0. The van der Waals surface area contributed by atoms with Crippen LogP contribution in [0.3, 0.4) is 0 Å². The van der Waals surface area contributed by atoms with Gasteiger partial charge in [-0.05, 0) is 42.2 Å². The Morgan fingerprint density at radius 3 is 2.64 bits per heavy atom. The number of nitrogens with zero attached hydrogens (tertiary/aromatic N) is 1. The van der Waals surface area contributed by atoms with Gasteiger partial charge in [0, 0.05) is 25.3 Å². The standard InChI is InChI=1S/C24H32N2O2/c1-2-3-4-5-6-10-16-25-24(27)28-22-13-14-23-21(18-22)15-17-26(23)19-20-11-8-7-9-12-20/h7-9,11-14,18H,2-6,10,15-17,19H2,1H3,(H,25,27). The van der Waals surface area contributed by atoms with E-state index in [0.29, 0.717) is 12.3 Å². The Morgan fingerprint density at radius 1 is 1.04 bits per heavy atom. The zero-order valence-corrected chi connectivity index (χ0v) is 17.0. The summed E-state index contributed by atoms with van der Waals surface area (Å²) >= 11 is 0. The molecule has 1 aliphatic heterocycles. The summed E-state index contributed by atoms with van der Waals surface area (Å²) in [6, 6.07) is 16.5. The molecular formula is C24H32N2O2. The molecular weight excluding hydrogens is 348 g/mol. The van der Waals surface area contributed by atoms with E-state index in [9.17, 15) is 4.79 Å². The first-order valence-electron chi connectivity index (χ1n) is 10.6. The number of hydrogen-bond acceptors (Lipinski definition) is 3. The van der Waals surface area contributed by atoms with Gasteiger partial charge in [0.1, 0.15) is 5.75 Å². The molecule has 2 aromatic rings. The number of amides is 1. The third kappa shape index (κ3) is 6.01. The van der Waals surface area contributed by atoms with Crippen molar-refractivity contribution in [3.8, 4) is 5.75 Å². The summed E-state index contributed by atoms with van der Waals surface area (Å²) in [7, 11) is 0. The first-order valence-corrected chi connectivity index (χ1v) is 10.6. The van der Waals surface area contributed by atoms with Crippen molar-refractivity contribution in [3.63, 3.8) is 0 Å². The second-order valence-corrected chi connectivity index (χ2v) is 7.53. The molecule has 0 bridgehead atoms. The molecule has 3 rings (SSSR count). The zero-order valence-electron chi connectivity index (χ0n) is 17.0. The average Bonchev–Trinajstić information content (AvgIpc) is 3.10. The summed E-state index contributed by atoms with van der Waals surface area (Å²) in [5.41, 5.74) is 3.80. The number of nitrogens with one attached hydrogen (secondary N) is 1. The highest BCUT2D eigenvalue weighted by atomic mass is 16.6. The third-order valence-corrected chi connectivity index (χ3v) is 5.27. The largest absolute Gasteiger partial charge is 0.412 e. The number of benzene rings is 2. The number of carbonyl (C=O) groups excluding carboxylic acids is 1. The van der Waals surface area contributed by atoms with Crippen LogP contribution in [-0.4, -0.2) is 19.2 Å². The maximum atomic E-state index is 12.0. The molecule has 0 aliphatic carbocycles. The van der Waals surface area contributed by atoms with Gasteiger partial charge in [0.15, 0.2) is 0 Å². The van der Waals surface area contributed by atoms with E-state index in [2.05, 4.69) is 47.5 Å². The predicted octanol–water partition coefficient (Wildman–Crippen LogP) is 5.70. The van der Waals surface area contributed by atoms with E-state index in [-0.39, 0.29) is 6.09 Å². The molecule has 0 radical (unpaired) electrons. The van der Waals surface area contributed by atoms with Crippen LogP contribution in [0.25, 0.3) is 0 Å². The lowest BCUT2D eigenvalue weighted by Gasteiger charge is -2.19. The fourth-order valence-electron chi connectivity index (χ4n) is 3.72. The molecule has 0 fully saturated rings. The Kier molecular flexibility index (Phi) is 7.77. The molecule has 1 heterocycles. The van der Waals surface area contributed by atoms with Crippen molar-refractivity contribution in [2.75, 3.05) is 18.0 Å². The van der Waals surface area contributed by atoms with Crippen molar-refractivity contribution >= 4 is 11.8 Å². The number of fused-ring (bicyclic) bond motifs is 1. The summed E-state index contributed by atoms with van der Waals surface area (Å²) in [6.07, 6.45) is 7.90. The van der Waals surface area contributed by atoms with Crippen LogP contribution in [0.1, 0.15) is 56.6 Å². The minimum absolute atomic E-state index is 0.354. The smallest absolute Gasteiger partial charge is 0.410 e. The molecule has 1 aliphatic rings. The van der Waals surface area contributed by atoms with Crippen LogP contribution in [0.4, 0.5) is 10.5 Å². The van der Waals surface area contributed by atoms with E-state index in [4.69, 9.17) is 4.74 Å². The predicted molar refractivity (Wildman–Crippen MR) is 115 cm³/mol. The van der Waals surface area contributed by atoms with Crippen LogP contribution in [0.2, 0.25) is 0 Å². The first-order chi connectivity index (χ1) is 13.8. The molecule has 28 heavy (non-hydrogen) atoms. The van der Waals surface area contributed by atoms with Gasteiger partial charge in [-0.1, -0.05) is 69.4 Å². The minimum atomic E-state index is -0.354. The SMILES string of the molecule is CCCCCCCCNC(=O)Oc1ccc2c(c1)CCN2Cc1ccccc1. The lowest BCUT2D eigenvalue weighted by Crippen LogP contribution is -2.27. The molecule has 0 atom stereocenters. The van der Waals surface area contributed by atoms with E-state index in [1.165, 1.54) is 42.5 Å². The summed E-state index contributed by atoms with van der Waals surface area (Å²) in [5.74, 6) is 0.626. The minimum Gasteiger partial charge on any atom is -0.410 e. The van der Waals surface area contributed by atoms with Crippen LogP contribution in [-0.2, 0) is 13.0 Å². The molecule has 1 N–H and O–H groups in total. The van der Waals surface area contributed by atoms with Gasteiger partial charge in [0.05, 0.1) is 0 Å². The van der Waals surface area contributed by atoms with Gasteiger partial charge in [-0.25, -0.2) is 4.79 Å². The Labute approximate surface area is 168 Å². The Bertz CT molecular complexity index is 746. The second kappa shape index (κ2) is 10.7. The van der Waals surface area contributed by atoms with Gasteiger partial charge in [-0.15, -0.1) is 0 Å². The van der Waals surface area contributed by atoms with E-state index in [1.807, 2.05) is 18.2 Å². The van der Waals surface area contributed by atoms with E-state index >= 15 is 0 Å². The van der Waals surface area contributed by atoms with Crippen molar-refractivity contribution in [1.82, 2.24) is 5.32 Å². The number of carbonyl (C=O) groups is 1. The zero-order chi connectivity index (χ0) is 19.6. The lowest BCUT2D eigenvalue weighted by atomic mass is 10.1. The molecule has 0 saturated heterocycles. The average molecular weight is 381 g/mol. The summed E-state index contributed by atoms with van der Waals surface area (Å²) in [4.78, 5) is 14.4. The monoisotopic (exact) mass is 380 g/mol. The van der Waals surface area contributed by atoms with Gasteiger partial charge in [0.25, 0.3) is 0 Å². The number of ether oxygens (including phenoxy) is 1. The summed E-state index contributed by atoms with van der Waals surface area (Å²) in [5, 5.41) is 2.86. The number of hydrogen-bond donors (Lipinski definition) is 1. The molecule has 0 unspecified atom stereocenters. The lowest BCUT2D eigenvalue weighted by molar-refractivity contribution is 0.200. The third-order valence-electron chi connectivity index (χ3n) is 5.27. The molecule has 4 nitrogen and oxygen atoms in total. The number of rotatable bonds is 10. The van der Waals surface area contributed by atoms with Gasteiger partial charge in [0.2, 0.25) is 0 Å². The number of anilines is 1.